The zero-order valence-corrected chi connectivity index (χ0v) is 9.93. The predicted molar refractivity (Wildman–Crippen MR) is 61.2 cm³/mol. The molecule has 0 aromatic heterocycles. The molecular formula is C11H20N2O4. The number of amides is 1. The molecule has 0 aromatic rings. The summed E-state index contributed by atoms with van der Waals surface area (Å²) in [6, 6.07) is -1.09. The number of rotatable bonds is 4. The van der Waals surface area contributed by atoms with Crippen molar-refractivity contribution in [2.45, 2.75) is 50.8 Å². The second-order valence-electron chi connectivity index (χ2n) is 4.68. The first-order valence-corrected chi connectivity index (χ1v) is 5.88. The number of carboxylic acids is 1. The number of hydrogen-bond donors (Lipinski definition) is 4. The van der Waals surface area contributed by atoms with Gasteiger partial charge in [0.05, 0.1) is 6.10 Å². The maximum absolute atomic E-state index is 11.8. The van der Waals surface area contributed by atoms with Gasteiger partial charge in [-0.25, -0.2) is 4.79 Å². The van der Waals surface area contributed by atoms with Crippen molar-refractivity contribution in [3.8, 4) is 0 Å². The highest BCUT2D eigenvalue weighted by molar-refractivity contribution is 5.85. The largest absolute Gasteiger partial charge is 0.480 e. The Hall–Kier alpha value is -1.14. The SMILES string of the molecule is C[C@@H](O)[C@H](NC(=O)C1CCC(N)CC1)C(=O)O. The highest BCUT2D eigenvalue weighted by Crippen LogP contribution is 2.23. The van der Waals surface area contributed by atoms with Crippen LogP contribution in [-0.4, -0.2) is 40.3 Å². The van der Waals surface area contributed by atoms with Crippen LogP contribution in [0.1, 0.15) is 32.6 Å². The fourth-order valence-corrected chi connectivity index (χ4v) is 2.04. The fourth-order valence-electron chi connectivity index (χ4n) is 2.04. The molecule has 1 rings (SSSR count). The van der Waals surface area contributed by atoms with Gasteiger partial charge in [0, 0.05) is 12.0 Å². The summed E-state index contributed by atoms with van der Waals surface area (Å²) in [6.45, 7) is 1.34. The molecule has 1 fully saturated rings. The highest BCUT2D eigenvalue weighted by atomic mass is 16.4. The van der Waals surface area contributed by atoms with Crippen molar-refractivity contribution >= 4 is 11.9 Å². The first-order valence-electron chi connectivity index (χ1n) is 5.88. The molecule has 0 heterocycles. The Balaban J connectivity index is 2.50. The average molecular weight is 244 g/mol. The molecule has 0 spiro atoms. The Labute approximate surface area is 100 Å². The van der Waals surface area contributed by atoms with Crippen molar-refractivity contribution in [3.63, 3.8) is 0 Å². The number of nitrogens with two attached hydrogens (primary N) is 1. The van der Waals surface area contributed by atoms with Crippen LogP contribution in [-0.2, 0) is 9.59 Å². The lowest BCUT2D eigenvalue weighted by molar-refractivity contribution is -0.145. The molecule has 0 radical (unpaired) electrons. The molecule has 6 nitrogen and oxygen atoms in total. The van der Waals surface area contributed by atoms with E-state index in [-0.39, 0.29) is 17.9 Å². The molecule has 0 aliphatic heterocycles. The van der Waals surface area contributed by atoms with Gasteiger partial charge in [0.2, 0.25) is 5.91 Å². The van der Waals surface area contributed by atoms with E-state index in [0.29, 0.717) is 12.8 Å². The van der Waals surface area contributed by atoms with Crippen molar-refractivity contribution in [2.75, 3.05) is 0 Å². The van der Waals surface area contributed by atoms with Gasteiger partial charge in [-0.3, -0.25) is 4.79 Å². The standard InChI is InChI=1S/C11H20N2O4/c1-6(14)9(11(16)17)13-10(15)7-2-4-8(12)5-3-7/h6-9,14H,2-5,12H2,1H3,(H,13,15)(H,16,17)/t6-,7?,8?,9+/m1/s1. The number of aliphatic carboxylic acids is 1. The van der Waals surface area contributed by atoms with Crippen molar-refractivity contribution in [3.05, 3.63) is 0 Å². The molecule has 0 aromatic carbocycles. The molecule has 98 valence electrons. The molecule has 5 N–H and O–H groups in total. The summed E-state index contributed by atoms with van der Waals surface area (Å²) in [5, 5.41) is 20.5. The minimum Gasteiger partial charge on any atom is -0.480 e. The molecule has 1 aliphatic rings. The van der Waals surface area contributed by atoms with Crippen LogP contribution in [0, 0.1) is 5.92 Å². The first-order chi connectivity index (χ1) is 7.91. The zero-order chi connectivity index (χ0) is 13.0. The number of carbonyl (C=O) groups is 2. The quantitative estimate of drug-likeness (QED) is 0.530. The van der Waals surface area contributed by atoms with E-state index < -0.39 is 18.1 Å². The maximum atomic E-state index is 11.8. The molecule has 0 saturated heterocycles. The lowest BCUT2D eigenvalue weighted by Gasteiger charge is -2.27. The zero-order valence-electron chi connectivity index (χ0n) is 9.93. The van der Waals surface area contributed by atoms with Gasteiger partial charge in [-0.15, -0.1) is 0 Å². The van der Waals surface area contributed by atoms with Crippen LogP contribution in [0.5, 0.6) is 0 Å². The Morgan fingerprint density at radius 1 is 1.29 bits per heavy atom. The minimum atomic E-state index is -1.24. The van der Waals surface area contributed by atoms with Crippen LogP contribution in [0.25, 0.3) is 0 Å². The molecule has 1 saturated carbocycles. The third-order valence-corrected chi connectivity index (χ3v) is 3.19. The summed E-state index contributed by atoms with van der Waals surface area (Å²) >= 11 is 0. The van der Waals surface area contributed by atoms with Crippen LogP contribution in [0.3, 0.4) is 0 Å². The van der Waals surface area contributed by atoms with E-state index in [9.17, 15) is 14.7 Å². The number of hydrogen-bond acceptors (Lipinski definition) is 4. The first kappa shape index (κ1) is 13.9. The van der Waals surface area contributed by atoms with E-state index in [2.05, 4.69) is 5.32 Å². The van der Waals surface area contributed by atoms with E-state index >= 15 is 0 Å². The smallest absolute Gasteiger partial charge is 0.328 e. The summed E-state index contributed by atoms with van der Waals surface area (Å²) in [7, 11) is 0. The van der Waals surface area contributed by atoms with Gasteiger partial charge in [-0.05, 0) is 32.6 Å². The molecule has 6 heteroatoms. The molecular weight excluding hydrogens is 224 g/mol. The Morgan fingerprint density at radius 3 is 2.24 bits per heavy atom. The van der Waals surface area contributed by atoms with Gasteiger partial charge in [0.15, 0.2) is 6.04 Å². The Bertz CT molecular complexity index is 285. The van der Waals surface area contributed by atoms with E-state index in [4.69, 9.17) is 10.8 Å². The topological polar surface area (TPSA) is 113 Å². The van der Waals surface area contributed by atoms with E-state index in [0.717, 1.165) is 12.8 Å². The van der Waals surface area contributed by atoms with Gasteiger partial charge >= 0.3 is 5.97 Å². The molecule has 1 aliphatic carbocycles. The predicted octanol–water partition coefficient (Wildman–Crippen LogP) is -0.546. The van der Waals surface area contributed by atoms with E-state index in [1.54, 1.807) is 0 Å². The van der Waals surface area contributed by atoms with Gasteiger partial charge < -0.3 is 21.3 Å². The second-order valence-corrected chi connectivity index (χ2v) is 4.68. The molecule has 2 atom stereocenters. The second kappa shape index (κ2) is 5.97. The third-order valence-electron chi connectivity index (χ3n) is 3.19. The number of aliphatic hydroxyl groups is 1. The Kier molecular flexibility index (Phi) is 4.89. The molecule has 1 amide bonds. The summed E-state index contributed by atoms with van der Waals surface area (Å²) in [5.41, 5.74) is 5.73. The average Bonchev–Trinajstić information content (AvgIpc) is 2.25. The van der Waals surface area contributed by atoms with Crippen molar-refractivity contribution in [1.29, 1.82) is 0 Å². The van der Waals surface area contributed by atoms with Gasteiger partial charge in [0.1, 0.15) is 0 Å². The van der Waals surface area contributed by atoms with Crippen LogP contribution in [0.2, 0.25) is 0 Å². The number of nitrogens with one attached hydrogen (secondary N) is 1. The summed E-state index contributed by atoms with van der Waals surface area (Å²) in [4.78, 5) is 22.6. The molecule has 17 heavy (non-hydrogen) atoms. The van der Waals surface area contributed by atoms with Gasteiger partial charge in [-0.2, -0.15) is 0 Å². The summed E-state index contributed by atoms with van der Waals surface area (Å²) in [5.74, 6) is -1.71. The van der Waals surface area contributed by atoms with E-state index in [1.165, 1.54) is 6.92 Å². The molecule has 0 bridgehead atoms. The van der Waals surface area contributed by atoms with Crippen LogP contribution >= 0.6 is 0 Å². The fraction of sp³-hybridized carbons (Fsp3) is 0.818. The third kappa shape index (κ3) is 3.98. The summed E-state index contributed by atoms with van der Waals surface area (Å²) < 4.78 is 0. The minimum absolute atomic E-state index is 0.145. The Morgan fingerprint density at radius 2 is 1.82 bits per heavy atom. The lowest BCUT2D eigenvalue weighted by Crippen LogP contribution is -2.50. The number of aliphatic hydroxyl groups excluding tert-OH is 1. The van der Waals surface area contributed by atoms with Gasteiger partial charge in [0.25, 0.3) is 0 Å². The number of carboxylic acid groups (broad SMARTS) is 1. The van der Waals surface area contributed by atoms with Crippen LogP contribution in [0.4, 0.5) is 0 Å². The normalized spacial score (nSPS) is 28.2. The van der Waals surface area contributed by atoms with Crippen molar-refractivity contribution in [2.24, 2.45) is 11.7 Å². The van der Waals surface area contributed by atoms with Crippen molar-refractivity contribution < 1.29 is 19.8 Å². The summed E-state index contributed by atoms with van der Waals surface area (Å²) in [6.07, 6.45) is 1.81. The van der Waals surface area contributed by atoms with Crippen LogP contribution < -0.4 is 11.1 Å². The number of carbonyl (C=O) groups excluding carboxylic acids is 1. The lowest BCUT2D eigenvalue weighted by atomic mass is 9.85. The monoisotopic (exact) mass is 244 g/mol. The van der Waals surface area contributed by atoms with Crippen molar-refractivity contribution in [1.82, 2.24) is 5.32 Å². The van der Waals surface area contributed by atoms with E-state index in [1.807, 2.05) is 0 Å². The van der Waals surface area contributed by atoms with Crippen LogP contribution in [0.15, 0.2) is 0 Å². The molecule has 0 unspecified atom stereocenters. The van der Waals surface area contributed by atoms with Gasteiger partial charge in [-0.1, -0.05) is 0 Å². The highest BCUT2D eigenvalue weighted by Gasteiger charge is 2.30. The maximum Gasteiger partial charge on any atom is 0.328 e.